The molecule has 0 amide bonds. The summed E-state index contributed by atoms with van der Waals surface area (Å²) in [5, 5.41) is 12.2. The molecule has 0 radical (unpaired) electrons. The summed E-state index contributed by atoms with van der Waals surface area (Å²) < 4.78 is 93.5. The Labute approximate surface area is 160 Å². The molecule has 12 heteroatoms. The van der Waals surface area contributed by atoms with Crippen molar-refractivity contribution in [1.29, 1.82) is 5.26 Å². The number of rotatable bonds is 7. The molecule has 0 atom stereocenters. The number of ether oxygens (including phenoxy) is 1. The van der Waals surface area contributed by atoms with Gasteiger partial charge in [0.25, 0.3) is 0 Å². The zero-order valence-corrected chi connectivity index (χ0v) is 15.1. The van der Waals surface area contributed by atoms with Crippen LogP contribution in [0.3, 0.4) is 0 Å². The maximum absolute atomic E-state index is 13.4. The molecule has 0 saturated carbocycles. The summed E-state index contributed by atoms with van der Waals surface area (Å²) in [4.78, 5) is 15.9. The predicted molar refractivity (Wildman–Crippen MR) is 85.4 cm³/mol. The SMILES string of the molecule is CC(C)(CCC(F)(F)C(F)(F)C(F)(F)F)OC(=O)O/N=C(\C#N)c1ccccc1. The number of hydrogen-bond donors (Lipinski definition) is 0. The maximum atomic E-state index is 13.4. The average molecular weight is 428 g/mol. The minimum atomic E-state index is -6.44. The lowest BCUT2D eigenvalue weighted by Gasteiger charge is -2.31. The Balaban J connectivity index is 2.74. The zero-order chi connectivity index (χ0) is 22.5. The highest BCUT2D eigenvalue weighted by atomic mass is 19.4. The van der Waals surface area contributed by atoms with Gasteiger partial charge in [0.05, 0.1) is 0 Å². The van der Waals surface area contributed by atoms with Crippen molar-refractivity contribution in [3.63, 3.8) is 0 Å². The Morgan fingerprint density at radius 2 is 1.59 bits per heavy atom. The van der Waals surface area contributed by atoms with Gasteiger partial charge in [-0.1, -0.05) is 35.5 Å². The summed E-state index contributed by atoms with van der Waals surface area (Å²) in [6.45, 7) is 2.00. The third kappa shape index (κ3) is 6.33. The molecule has 0 aliphatic rings. The summed E-state index contributed by atoms with van der Waals surface area (Å²) in [5.74, 6) is -11.7. The van der Waals surface area contributed by atoms with Crippen molar-refractivity contribution in [1.82, 2.24) is 0 Å². The fourth-order valence-electron chi connectivity index (χ4n) is 1.93. The Morgan fingerprint density at radius 1 is 1.03 bits per heavy atom. The molecule has 0 spiro atoms. The molecule has 0 saturated heterocycles. The quantitative estimate of drug-likeness (QED) is 0.190. The summed E-state index contributed by atoms with van der Waals surface area (Å²) in [7, 11) is 0. The first-order valence-electron chi connectivity index (χ1n) is 7.89. The molecule has 1 aromatic carbocycles. The minimum absolute atomic E-state index is 0.288. The smallest absolute Gasteiger partial charge is 0.427 e. The first-order chi connectivity index (χ1) is 13.1. The van der Waals surface area contributed by atoms with E-state index in [1.165, 1.54) is 12.1 Å². The van der Waals surface area contributed by atoms with Crippen LogP contribution < -0.4 is 0 Å². The van der Waals surface area contributed by atoms with Crippen molar-refractivity contribution >= 4 is 11.9 Å². The van der Waals surface area contributed by atoms with E-state index in [1.54, 1.807) is 24.3 Å². The molecule has 29 heavy (non-hydrogen) atoms. The van der Waals surface area contributed by atoms with Gasteiger partial charge in [-0.2, -0.15) is 36.0 Å². The van der Waals surface area contributed by atoms with Crippen molar-refractivity contribution in [3.8, 4) is 6.07 Å². The second-order valence-corrected chi connectivity index (χ2v) is 6.40. The molecule has 1 rings (SSSR count). The van der Waals surface area contributed by atoms with Gasteiger partial charge in [-0.3, -0.25) is 4.84 Å². The van der Waals surface area contributed by atoms with Crippen LogP contribution in [-0.4, -0.2) is 35.5 Å². The Bertz CT molecular complexity index is 784. The van der Waals surface area contributed by atoms with Crippen molar-refractivity contribution < 1.29 is 45.1 Å². The third-order valence-corrected chi connectivity index (χ3v) is 3.58. The van der Waals surface area contributed by atoms with Gasteiger partial charge in [-0.15, -0.1) is 0 Å². The van der Waals surface area contributed by atoms with Crippen LogP contribution in [0.4, 0.5) is 35.5 Å². The zero-order valence-electron chi connectivity index (χ0n) is 15.1. The van der Waals surface area contributed by atoms with Gasteiger partial charge in [-0.25, -0.2) is 4.79 Å². The second kappa shape index (κ2) is 8.67. The predicted octanol–water partition coefficient (Wildman–Crippen LogP) is 5.46. The van der Waals surface area contributed by atoms with E-state index in [4.69, 9.17) is 5.26 Å². The number of halogens is 7. The van der Waals surface area contributed by atoms with Crippen LogP contribution in [0.2, 0.25) is 0 Å². The normalized spacial score (nSPS) is 13.6. The van der Waals surface area contributed by atoms with Crippen LogP contribution in [0.5, 0.6) is 0 Å². The highest BCUT2D eigenvalue weighted by Crippen LogP contribution is 2.49. The number of alkyl halides is 7. The molecule has 0 aromatic heterocycles. The molecule has 160 valence electrons. The van der Waals surface area contributed by atoms with E-state index < -0.39 is 42.6 Å². The lowest BCUT2D eigenvalue weighted by Crippen LogP contribution is -2.52. The highest BCUT2D eigenvalue weighted by molar-refractivity contribution is 6.11. The number of hydrogen-bond acceptors (Lipinski definition) is 5. The number of benzene rings is 1. The molecule has 0 unspecified atom stereocenters. The standard InChI is InChI=1S/C17H15F7N2O3/c1-14(2,8-9-15(18,19)16(20,21)17(22,23)24)28-13(27)29-26-12(10-25)11-6-4-3-5-7-11/h3-7H,8-9H2,1-2H3/b26-12+. The summed E-state index contributed by atoms with van der Waals surface area (Å²) >= 11 is 0. The monoisotopic (exact) mass is 428 g/mol. The molecule has 0 N–H and O–H groups in total. The largest absolute Gasteiger partial charge is 0.535 e. The number of oxime groups is 1. The topological polar surface area (TPSA) is 71.7 Å². The molecule has 5 nitrogen and oxygen atoms in total. The van der Waals surface area contributed by atoms with Crippen LogP contribution >= 0.6 is 0 Å². The van der Waals surface area contributed by atoms with E-state index in [9.17, 15) is 35.5 Å². The third-order valence-electron chi connectivity index (χ3n) is 3.58. The van der Waals surface area contributed by atoms with E-state index in [-0.39, 0.29) is 11.3 Å². The van der Waals surface area contributed by atoms with E-state index in [0.29, 0.717) is 0 Å². The lowest BCUT2D eigenvalue weighted by molar-refractivity contribution is -0.356. The first-order valence-corrected chi connectivity index (χ1v) is 7.89. The van der Waals surface area contributed by atoms with Crippen LogP contribution in [-0.2, 0) is 9.57 Å². The van der Waals surface area contributed by atoms with Crippen LogP contribution in [0.1, 0.15) is 32.3 Å². The van der Waals surface area contributed by atoms with Gasteiger partial charge >= 0.3 is 24.2 Å². The van der Waals surface area contributed by atoms with Crippen molar-refractivity contribution in [2.75, 3.05) is 0 Å². The van der Waals surface area contributed by atoms with Crippen LogP contribution in [0.25, 0.3) is 0 Å². The highest BCUT2D eigenvalue weighted by Gasteiger charge is 2.72. The first kappa shape index (κ1) is 24.2. The second-order valence-electron chi connectivity index (χ2n) is 6.40. The minimum Gasteiger partial charge on any atom is -0.427 e. The number of carbonyl (C=O) groups is 1. The van der Waals surface area contributed by atoms with Crippen LogP contribution in [0, 0.1) is 11.3 Å². The summed E-state index contributed by atoms with van der Waals surface area (Å²) in [6, 6.07) is 9.38. The average Bonchev–Trinajstić information content (AvgIpc) is 2.60. The van der Waals surface area contributed by atoms with Gasteiger partial charge in [0.2, 0.25) is 0 Å². The maximum Gasteiger partial charge on any atom is 0.535 e. The molecular weight excluding hydrogens is 413 g/mol. The van der Waals surface area contributed by atoms with E-state index in [1.807, 2.05) is 0 Å². The van der Waals surface area contributed by atoms with Crippen molar-refractivity contribution in [2.45, 2.75) is 50.3 Å². The molecule has 0 aliphatic carbocycles. The number of nitrogens with zero attached hydrogens (tertiary/aromatic N) is 2. The van der Waals surface area contributed by atoms with E-state index in [2.05, 4.69) is 14.7 Å². The van der Waals surface area contributed by atoms with Crippen molar-refractivity contribution in [3.05, 3.63) is 35.9 Å². The lowest BCUT2D eigenvalue weighted by atomic mass is 9.96. The van der Waals surface area contributed by atoms with E-state index >= 15 is 0 Å². The Morgan fingerprint density at radius 3 is 2.07 bits per heavy atom. The molecule has 0 heterocycles. The summed E-state index contributed by atoms with van der Waals surface area (Å²) in [5.41, 5.74) is -1.93. The van der Waals surface area contributed by atoms with Gasteiger partial charge < -0.3 is 4.74 Å². The molecular formula is C17H15F7N2O3. The fraction of sp³-hybridized carbons (Fsp3) is 0.471. The molecule has 0 bridgehead atoms. The van der Waals surface area contributed by atoms with Crippen LogP contribution in [0.15, 0.2) is 35.5 Å². The number of nitriles is 1. The van der Waals surface area contributed by atoms with E-state index in [0.717, 1.165) is 13.8 Å². The van der Waals surface area contributed by atoms with Gasteiger partial charge in [0, 0.05) is 12.0 Å². The fourth-order valence-corrected chi connectivity index (χ4v) is 1.93. The Kier molecular flexibility index (Phi) is 7.23. The van der Waals surface area contributed by atoms with Gasteiger partial charge in [0.1, 0.15) is 11.7 Å². The number of carbonyl (C=O) groups excluding carboxylic acids is 1. The summed E-state index contributed by atoms with van der Waals surface area (Å²) in [6.07, 6.45) is -11.0. The van der Waals surface area contributed by atoms with Crippen molar-refractivity contribution in [2.24, 2.45) is 5.16 Å². The molecule has 0 fully saturated rings. The van der Waals surface area contributed by atoms with Gasteiger partial charge in [0.15, 0.2) is 5.71 Å². The van der Waals surface area contributed by atoms with Gasteiger partial charge in [-0.05, 0) is 20.3 Å². The molecule has 1 aromatic rings. The Hall–Kier alpha value is -2.84. The molecule has 0 aliphatic heterocycles.